The molecule has 0 bridgehead atoms. The lowest BCUT2D eigenvalue weighted by molar-refractivity contribution is -0.119. The van der Waals surface area contributed by atoms with Gasteiger partial charge in [-0.25, -0.2) is 9.67 Å². The molecule has 0 saturated heterocycles. The van der Waals surface area contributed by atoms with E-state index in [9.17, 15) is 13.6 Å². The second kappa shape index (κ2) is 12.7. The number of aliphatic imine (C=N–C) groups is 1. The Bertz CT molecular complexity index is 1150. The van der Waals surface area contributed by atoms with Crippen LogP contribution in [0.1, 0.15) is 32.0 Å². The molecule has 178 valence electrons. The van der Waals surface area contributed by atoms with Gasteiger partial charge in [0.2, 0.25) is 5.91 Å². The third-order valence-corrected chi connectivity index (χ3v) is 4.71. The van der Waals surface area contributed by atoms with Crippen molar-refractivity contribution in [2.45, 2.75) is 32.9 Å². The summed E-state index contributed by atoms with van der Waals surface area (Å²) in [6, 6.07) is 14.0. The molecule has 9 heteroatoms. The highest BCUT2D eigenvalue weighted by Crippen LogP contribution is 2.36. The van der Waals surface area contributed by atoms with E-state index in [1.165, 1.54) is 27.6 Å². The first kappa shape index (κ1) is 26.7. The van der Waals surface area contributed by atoms with Crippen molar-refractivity contribution in [1.82, 2.24) is 20.1 Å². The van der Waals surface area contributed by atoms with Gasteiger partial charge >= 0.3 is 0 Å². The fourth-order valence-corrected chi connectivity index (χ4v) is 3.07. The van der Waals surface area contributed by atoms with Crippen molar-refractivity contribution in [3.63, 3.8) is 0 Å². The van der Waals surface area contributed by atoms with Crippen molar-refractivity contribution >= 4 is 21.0 Å². The molecule has 2 heterocycles. The van der Waals surface area contributed by atoms with E-state index < -0.39 is 5.66 Å². The Balaban J connectivity index is 0.00000199. The van der Waals surface area contributed by atoms with Crippen LogP contribution in [-0.2, 0) is 16.9 Å². The number of pyridine rings is 1. The molecule has 0 spiro atoms. The zero-order chi connectivity index (χ0) is 25.1. The third kappa shape index (κ3) is 7.52. The average molecular weight is 484 g/mol. The second-order valence-corrected chi connectivity index (χ2v) is 7.59. The van der Waals surface area contributed by atoms with Crippen molar-refractivity contribution in [2.24, 2.45) is 4.99 Å². The zero-order valence-corrected chi connectivity index (χ0v) is 20.5. The highest BCUT2D eigenvalue weighted by molar-refractivity contribution is 7.17. The molecule has 0 aliphatic heterocycles. The lowest BCUT2D eigenvalue weighted by atomic mass is 10.1. The van der Waals surface area contributed by atoms with Gasteiger partial charge in [-0.05, 0) is 36.8 Å². The van der Waals surface area contributed by atoms with E-state index in [0.717, 1.165) is 10.2 Å². The van der Waals surface area contributed by atoms with Gasteiger partial charge in [-0.1, -0.05) is 60.0 Å². The van der Waals surface area contributed by atoms with Crippen molar-refractivity contribution in [1.29, 1.82) is 0 Å². The largest absolute Gasteiger partial charge is 0.324 e. The van der Waals surface area contributed by atoms with Gasteiger partial charge in [-0.3, -0.25) is 9.78 Å². The predicted molar refractivity (Wildman–Crippen MR) is 135 cm³/mol. The fraction of sp³-hybridized carbons (Fsp3) is 0.200. The highest BCUT2D eigenvalue weighted by atomic mass is 31.0. The van der Waals surface area contributed by atoms with Crippen molar-refractivity contribution in [3.05, 3.63) is 96.7 Å². The molecule has 6 nitrogen and oxygen atoms in total. The number of benzene rings is 1. The maximum atomic E-state index is 14.2. The van der Waals surface area contributed by atoms with E-state index >= 15 is 0 Å². The molecule has 2 aromatic heterocycles. The monoisotopic (exact) mass is 483 g/mol. The summed E-state index contributed by atoms with van der Waals surface area (Å²) in [5, 5.41) is 6.98. The molecular weight excluding hydrogens is 455 g/mol. The van der Waals surface area contributed by atoms with Crippen molar-refractivity contribution in [2.75, 3.05) is 0 Å². The number of alkyl halides is 2. The topological polar surface area (TPSA) is 72.2 Å². The number of carbonyl (C=O) groups is 1. The van der Waals surface area contributed by atoms with E-state index in [4.69, 9.17) is 0 Å². The Morgan fingerprint density at radius 3 is 2.53 bits per heavy atom. The van der Waals surface area contributed by atoms with Crippen LogP contribution in [0.5, 0.6) is 0 Å². The molecule has 1 unspecified atom stereocenters. The Morgan fingerprint density at radius 2 is 1.94 bits per heavy atom. The summed E-state index contributed by atoms with van der Waals surface area (Å²) in [5.41, 5.74) is -1.42. The minimum Gasteiger partial charge on any atom is -0.324 e. The van der Waals surface area contributed by atoms with Crippen molar-refractivity contribution < 1.29 is 13.6 Å². The number of nitrogens with one attached hydrogen (secondary N) is 1. The summed E-state index contributed by atoms with van der Waals surface area (Å²) in [6.07, 6.45) is 6.09. The number of halogens is 2. The molecule has 0 aliphatic carbocycles. The molecular formula is C25H28F2N5OP. The Labute approximate surface area is 200 Å². The van der Waals surface area contributed by atoms with Gasteiger partial charge in [0.15, 0.2) is 0 Å². The molecule has 3 aromatic rings. The Kier molecular flexibility index (Phi) is 9.95. The van der Waals surface area contributed by atoms with Crippen LogP contribution in [0.25, 0.3) is 11.3 Å². The number of allylic oxidation sites excluding steroid dienone is 1. The first-order chi connectivity index (χ1) is 16.3. The number of nitrogens with zero attached hydrogens (tertiary/aromatic N) is 4. The molecule has 1 atom stereocenters. The molecule has 0 saturated carbocycles. The Morgan fingerprint density at radius 1 is 1.24 bits per heavy atom. The summed E-state index contributed by atoms with van der Waals surface area (Å²) < 4.78 is 29.5. The van der Waals surface area contributed by atoms with Crippen LogP contribution in [0, 0.1) is 0 Å². The Hall–Kier alpha value is -3.51. The number of carbonyl (C=O) groups excluding carboxylic acids is 1. The smallest absolute Gasteiger partial charge is 0.300 e. The van der Waals surface area contributed by atoms with E-state index in [0.29, 0.717) is 17.0 Å². The van der Waals surface area contributed by atoms with Crippen molar-refractivity contribution in [3.8, 4) is 11.3 Å². The normalized spacial score (nSPS) is 11.9. The summed E-state index contributed by atoms with van der Waals surface area (Å²) in [5.74, 6) is -0.0562. The number of hydrogen-bond acceptors (Lipinski definition) is 4. The molecule has 1 N–H and O–H groups in total. The van der Waals surface area contributed by atoms with E-state index in [2.05, 4.69) is 27.0 Å². The number of aromatic nitrogens is 3. The SMILES string of the molecule is C=C/C(=C\N=C(C)n1nc(-c2cccnc2)cc1C(F)(F)P)NC(=O)Cc1ccccc1.CC. The second-order valence-electron chi connectivity index (χ2n) is 6.87. The van der Waals surface area contributed by atoms with Gasteiger partial charge in [-0.2, -0.15) is 13.9 Å². The molecule has 34 heavy (non-hydrogen) atoms. The summed E-state index contributed by atoms with van der Waals surface area (Å²) in [7, 11) is 1.51. The molecule has 1 amide bonds. The minimum atomic E-state index is -3.22. The van der Waals surface area contributed by atoms with Gasteiger partial charge in [0.05, 0.1) is 24.0 Å². The first-order valence-electron chi connectivity index (χ1n) is 10.7. The first-order valence-corrected chi connectivity index (χ1v) is 11.2. The minimum absolute atomic E-state index is 0.186. The number of amides is 1. The average Bonchev–Trinajstić information content (AvgIpc) is 3.30. The van der Waals surface area contributed by atoms with E-state index in [1.54, 1.807) is 31.5 Å². The molecule has 0 radical (unpaired) electrons. The quantitative estimate of drug-likeness (QED) is 0.207. The van der Waals surface area contributed by atoms with Gasteiger partial charge in [0.1, 0.15) is 11.5 Å². The lowest BCUT2D eigenvalue weighted by Gasteiger charge is -2.12. The van der Waals surface area contributed by atoms with E-state index in [1.807, 2.05) is 44.2 Å². The fourth-order valence-electron chi connectivity index (χ4n) is 2.86. The molecule has 0 aliphatic rings. The van der Waals surface area contributed by atoms with Crippen LogP contribution in [-0.4, -0.2) is 26.5 Å². The van der Waals surface area contributed by atoms with Crippen LogP contribution >= 0.6 is 9.24 Å². The summed E-state index contributed by atoms with van der Waals surface area (Å²) in [4.78, 5) is 20.5. The van der Waals surface area contributed by atoms with Crippen LogP contribution in [0.4, 0.5) is 8.78 Å². The third-order valence-electron chi connectivity index (χ3n) is 4.42. The highest BCUT2D eigenvalue weighted by Gasteiger charge is 2.31. The lowest BCUT2D eigenvalue weighted by Crippen LogP contribution is -2.23. The van der Waals surface area contributed by atoms with Gasteiger partial charge in [0, 0.05) is 18.0 Å². The van der Waals surface area contributed by atoms with Crippen LogP contribution in [0.15, 0.2) is 90.5 Å². The van der Waals surface area contributed by atoms with Crippen LogP contribution in [0.3, 0.4) is 0 Å². The van der Waals surface area contributed by atoms with E-state index in [-0.39, 0.29) is 23.9 Å². The maximum Gasteiger partial charge on any atom is 0.300 e. The molecule has 3 rings (SSSR count). The van der Waals surface area contributed by atoms with Gasteiger partial charge < -0.3 is 5.32 Å². The summed E-state index contributed by atoms with van der Waals surface area (Å²) >= 11 is 0. The zero-order valence-electron chi connectivity index (χ0n) is 19.4. The summed E-state index contributed by atoms with van der Waals surface area (Å²) in [6.45, 7) is 9.21. The van der Waals surface area contributed by atoms with Crippen LogP contribution in [0.2, 0.25) is 0 Å². The molecule has 1 aromatic carbocycles. The van der Waals surface area contributed by atoms with Gasteiger partial charge in [-0.15, -0.1) is 0 Å². The maximum absolute atomic E-state index is 14.2. The standard InChI is InChI=1S/C23H22F2N5OP.C2H6/c1-3-19(28-22(31)12-17-8-5-4-6-9-17)15-27-16(2)30-21(23(24,25)32)13-20(29-30)18-10-7-11-26-14-18;1-2/h3-11,13-15H,1,12,32H2,2H3,(H,28,31);1-2H3/b19-15+,27-16?;. The number of hydrogen-bond donors (Lipinski definition) is 1. The van der Waals surface area contributed by atoms with Crippen LogP contribution < -0.4 is 5.32 Å². The number of rotatable bonds is 7. The van der Waals surface area contributed by atoms with Gasteiger partial charge in [0.25, 0.3) is 5.66 Å². The predicted octanol–water partition coefficient (Wildman–Crippen LogP) is 5.55. The molecule has 0 fully saturated rings.